The number of benzene rings is 2. The van der Waals surface area contributed by atoms with Crippen LogP contribution in [-0.2, 0) is 11.2 Å². The molecule has 0 atom stereocenters. The van der Waals surface area contributed by atoms with Gasteiger partial charge in [-0.25, -0.2) is 9.97 Å². The number of carbonyl (C=O) groups is 1. The van der Waals surface area contributed by atoms with Crippen molar-refractivity contribution >= 4 is 17.5 Å². The molecule has 0 bridgehead atoms. The predicted octanol–water partition coefficient (Wildman–Crippen LogP) is 3.14. The highest BCUT2D eigenvalue weighted by molar-refractivity contribution is 5.99. The zero-order valence-electron chi connectivity index (χ0n) is 15.4. The molecule has 3 aromatic rings. The molecule has 0 fully saturated rings. The van der Waals surface area contributed by atoms with Gasteiger partial charge in [0.25, 0.3) is 0 Å². The van der Waals surface area contributed by atoms with Gasteiger partial charge in [0, 0.05) is 17.3 Å². The smallest absolute Gasteiger partial charge is 0.228 e. The predicted molar refractivity (Wildman–Crippen MR) is 107 cm³/mol. The molecule has 0 aliphatic carbocycles. The van der Waals surface area contributed by atoms with Crippen LogP contribution >= 0.6 is 0 Å². The van der Waals surface area contributed by atoms with Crippen LogP contribution in [-0.4, -0.2) is 36.1 Å². The van der Waals surface area contributed by atoms with Crippen molar-refractivity contribution in [2.75, 3.05) is 30.9 Å². The maximum atomic E-state index is 12.1. The number of hydrogen-bond donors (Lipinski definition) is 2. The number of para-hydroxylation sites is 1. The number of carbonyl (C=O) groups excluding carboxylic acids is 1. The van der Waals surface area contributed by atoms with E-state index in [1.165, 1.54) is 0 Å². The Bertz CT molecular complexity index is 989. The molecular formula is C21H20N4O3. The molecule has 1 aliphatic heterocycles. The van der Waals surface area contributed by atoms with E-state index in [1.807, 2.05) is 48.5 Å². The van der Waals surface area contributed by atoms with Gasteiger partial charge in [0.1, 0.15) is 18.1 Å². The summed E-state index contributed by atoms with van der Waals surface area (Å²) in [6, 6.07) is 15.1. The summed E-state index contributed by atoms with van der Waals surface area (Å²) < 4.78 is 10.8. The summed E-state index contributed by atoms with van der Waals surface area (Å²) in [6.07, 6.45) is 1.96. The summed E-state index contributed by atoms with van der Waals surface area (Å²) in [5, 5.41) is 6.08. The molecule has 2 aromatic carbocycles. The third-order valence-electron chi connectivity index (χ3n) is 4.39. The van der Waals surface area contributed by atoms with Crippen molar-refractivity contribution in [2.45, 2.75) is 6.42 Å². The number of amides is 1. The molecule has 7 nitrogen and oxygen atoms in total. The monoisotopic (exact) mass is 376 g/mol. The van der Waals surface area contributed by atoms with Crippen LogP contribution in [0.5, 0.6) is 11.5 Å². The van der Waals surface area contributed by atoms with E-state index < -0.39 is 0 Å². The topological polar surface area (TPSA) is 85.4 Å². The number of anilines is 2. The molecule has 2 N–H and O–H groups in total. The van der Waals surface area contributed by atoms with Crippen LogP contribution in [0.15, 0.2) is 54.7 Å². The van der Waals surface area contributed by atoms with E-state index in [9.17, 15) is 4.79 Å². The summed E-state index contributed by atoms with van der Waals surface area (Å²) >= 11 is 0. The Hall–Kier alpha value is -3.61. The second-order valence-electron chi connectivity index (χ2n) is 6.29. The highest BCUT2D eigenvalue weighted by atomic mass is 16.5. The number of nitrogens with one attached hydrogen (secondary N) is 2. The number of hydrogen-bond acceptors (Lipinski definition) is 6. The average Bonchev–Trinajstić information content (AvgIpc) is 2.87. The molecule has 28 heavy (non-hydrogen) atoms. The lowest BCUT2D eigenvalue weighted by Gasteiger charge is -2.11. The molecule has 1 amide bonds. The first kappa shape index (κ1) is 17.8. The maximum absolute atomic E-state index is 12.1. The van der Waals surface area contributed by atoms with Gasteiger partial charge in [-0.1, -0.05) is 18.2 Å². The SMILES string of the molecule is COc1ccc(OCCNc2ncc3c(n2)-c2ccccc2NC(=O)C3)cc1. The normalized spacial score (nSPS) is 12.2. The number of methoxy groups -OCH3 is 1. The number of nitrogens with zero attached hydrogens (tertiary/aromatic N) is 2. The van der Waals surface area contributed by atoms with E-state index in [1.54, 1.807) is 13.3 Å². The van der Waals surface area contributed by atoms with Crippen LogP contribution in [0.1, 0.15) is 5.56 Å². The summed E-state index contributed by atoms with van der Waals surface area (Å²) in [5.74, 6) is 1.99. The van der Waals surface area contributed by atoms with Crippen molar-refractivity contribution in [2.24, 2.45) is 0 Å². The van der Waals surface area contributed by atoms with Crippen LogP contribution in [0.2, 0.25) is 0 Å². The average molecular weight is 376 g/mol. The number of fused-ring (bicyclic) bond motifs is 3. The minimum absolute atomic E-state index is 0.0663. The van der Waals surface area contributed by atoms with Crippen molar-refractivity contribution in [3.05, 3.63) is 60.3 Å². The maximum Gasteiger partial charge on any atom is 0.228 e. The van der Waals surface area contributed by atoms with Crippen molar-refractivity contribution < 1.29 is 14.3 Å². The fraction of sp³-hybridized carbons (Fsp3) is 0.190. The van der Waals surface area contributed by atoms with Gasteiger partial charge in [-0.15, -0.1) is 0 Å². The van der Waals surface area contributed by atoms with Gasteiger partial charge in [-0.05, 0) is 30.3 Å². The van der Waals surface area contributed by atoms with Crippen molar-refractivity contribution in [1.82, 2.24) is 9.97 Å². The fourth-order valence-electron chi connectivity index (χ4n) is 3.02. The van der Waals surface area contributed by atoms with E-state index >= 15 is 0 Å². The molecule has 4 rings (SSSR count). The molecule has 7 heteroatoms. The second-order valence-corrected chi connectivity index (χ2v) is 6.29. The first-order valence-electron chi connectivity index (χ1n) is 8.99. The van der Waals surface area contributed by atoms with E-state index in [0.29, 0.717) is 19.1 Å². The van der Waals surface area contributed by atoms with Gasteiger partial charge in [0.15, 0.2) is 0 Å². The Morgan fingerprint density at radius 1 is 1.11 bits per heavy atom. The molecule has 0 radical (unpaired) electrons. The van der Waals surface area contributed by atoms with Gasteiger partial charge in [-0.2, -0.15) is 0 Å². The molecular weight excluding hydrogens is 356 g/mol. The highest BCUT2D eigenvalue weighted by Crippen LogP contribution is 2.32. The Morgan fingerprint density at radius 2 is 1.89 bits per heavy atom. The van der Waals surface area contributed by atoms with Crippen LogP contribution in [0.25, 0.3) is 11.3 Å². The molecule has 0 spiro atoms. The quantitative estimate of drug-likeness (QED) is 0.643. The van der Waals surface area contributed by atoms with Crippen LogP contribution < -0.4 is 20.1 Å². The minimum Gasteiger partial charge on any atom is -0.497 e. The molecule has 142 valence electrons. The third kappa shape index (κ3) is 3.88. The number of rotatable bonds is 6. The van der Waals surface area contributed by atoms with Gasteiger partial charge >= 0.3 is 0 Å². The lowest BCUT2D eigenvalue weighted by Crippen LogP contribution is -2.14. The van der Waals surface area contributed by atoms with Gasteiger partial charge in [0.05, 0.1) is 31.5 Å². The Labute approximate surface area is 162 Å². The lowest BCUT2D eigenvalue weighted by atomic mass is 10.1. The van der Waals surface area contributed by atoms with E-state index in [2.05, 4.69) is 20.6 Å². The molecule has 1 aromatic heterocycles. The molecule has 0 saturated carbocycles. The van der Waals surface area contributed by atoms with Crippen molar-refractivity contribution in [3.8, 4) is 22.8 Å². The zero-order chi connectivity index (χ0) is 19.3. The summed E-state index contributed by atoms with van der Waals surface area (Å²) in [7, 11) is 1.63. The Balaban J connectivity index is 1.43. The van der Waals surface area contributed by atoms with Gasteiger partial charge < -0.3 is 20.1 Å². The summed E-state index contributed by atoms with van der Waals surface area (Å²) in [6.45, 7) is 1.01. The highest BCUT2D eigenvalue weighted by Gasteiger charge is 2.20. The fourth-order valence-corrected chi connectivity index (χ4v) is 3.02. The van der Waals surface area contributed by atoms with Gasteiger partial charge in [-0.3, -0.25) is 4.79 Å². The number of aromatic nitrogens is 2. The Morgan fingerprint density at radius 3 is 2.71 bits per heavy atom. The zero-order valence-corrected chi connectivity index (χ0v) is 15.4. The van der Waals surface area contributed by atoms with Crippen LogP contribution in [0.4, 0.5) is 11.6 Å². The van der Waals surface area contributed by atoms with E-state index in [0.717, 1.165) is 34.0 Å². The summed E-state index contributed by atoms with van der Waals surface area (Å²) in [4.78, 5) is 21.0. The Kier molecular flexibility index (Phi) is 5.05. The van der Waals surface area contributed by atoms with Crippen molar-refractivity contribution in [3.63, 3.8) is 0 Å². The third-order valence-corrected chi connectivity index (χ3v) is 4.39. The molecule has 1 aliphatic rings. The second kappa shape index (κ2) is 7.96. The largest absolute Gasteiger partial charge is 0.497 e. The minimum atomic E-state index is -0.0663. The van der Waals surface area contributed by atoms with E-state index in [-0.39, 0.29) is 12.3 Å². The summed E-state index contributed by atoms with van der Waals surface area (Å²) in [5.41, 5.74) is 3.23. The molecule has 0 unspecified atom stereocenters. The first-order chi connectivity index (χ1) is 13.7. The van der Waals surface area contributed by atoms with Crippen molar-refractivity contribution in [1.29, 1.82) is 0 Å². The van der Waals surface area contributed by atoms with E-state index in [4.69, 9.17) is 9.47 Å². The van der Waals surface area contributed by atoms with Crippen LogP contribution in [0, 0.1) is 0 Å². The first-order valence-corrected chi connectivity index (χ1v) is 8.99. The number of ether oxygens (including phenoxy) is 2. The van der Waals surface area contributed by atoms with Crippen LogP contribution in [0.3, 0.4) is 0 Å². The van der Waals surface area contributed by atoms with Gasteiger partial charge in [0.2, 0.25) is 11.9 Å². The molecule has 2 heterocycles. The standard InChI is InChI=1S/C21H20N4O3/c1-27-15-6-8-16(9-7-15)28-11-10-22-21-23-13-14-12-19(26)24-18-5-3-2-4-17(18)20(14)25-21/h2-9,13H,10-12H2,1H3,(H,24,26)(H,22,23,25). The lowest BCUT2D eigenvalue weighted by molar-refractivity contribution is -0.115. The molecule has 0 saturated heterocycles.